The summed E-state index contributed by atoms with van der Waals surface area (Å²) in [6.45, 7) is 4.14. The third kappa shape index (κ3) is 4.02. The molecule has 1 unspecified atom stereocenters. The summed E-state index contributed by atoms with van der Waals surface area (Å²) in [4.78, 5) is 12.3. The highest BCUT2D eigenvalue weighted by atomic mass is 35.5. The molecule has 1 aromatic heterocycles. The van der Waals surface area contributed by atoms with Crippen molar-refractivity contribution in [1.29, 1.82) is 0 Å². The second kappa shape index (κ2) is 7.18. The Hall–Kier alpha value is -1.94. The number of hydrogen-bond acceptors (Lipinski definition) is 3. The van der Waals surface area contributed by atoms with E-state index in [9.17, 15) is 4.79 Å². The number of hydrogen-bond donors (Lipinski definition) is 1. The first kappa shape index (κ1) is 15.4. The van der Waals surface area contributed by atoms with Crippen molar-refractivity contribution in [1.82, 2.24) is 15.5 Å². The van der Waals surface area contributed by atoms with Crippen LogP contribution in [0.2, 0.25) is 0 Å². The van der Waals surface area contributed by atoms with Crippen molar-refractivity contribution in [2.45, 2.75) is 25.6 Å². The topological polar surface area (TPSA) is 54.9 Å². The SMILES string of the molecule is CCc1nnc(C)cc1C(=O)NCC(Cl)c1ccccc1. The summed E-state index contributed by atoms with van der Waals surface area (Å²) in [5.74, 6) is -0.161. The number of halogens is 1. The number of aromatic nitrogens is 2. The van der Waals surface area contributed by atoms with E-state index in [1.165, 1.54) is 0 Å². The maximum absolute atomic E-state index is 12.3. The molecule has 0 saturated carbocycles. The molecule has 0 fully saturated rings. The molecule has 0 aliphatic rings. The molecule has 110 valence electrons. The van der Waals surface area contributed by atoms with Crippen LogP contribution in [0, 0.1) is 6.92 Å². The van der Waals surface area contributed by atoms with E-state index in [1.807, 2.05) is 44.2 Å². The van der Waals surface area contributed by atoms with E-state index >= 15 is 0 Å². The predicted octanol–water partition coefficient (Wildman–Crippen LogP) is 3.06. The molecule has 1 heterocycles. The van der Waals surface area contributed by atoms with Crippen molar-refractivity contribution in [2.24, 2.45) is 0 Å². The van der Waals surface area contributed by atoms with E-state index in [-0.39, 0.29) is 11.3 Å². The first-order chi connectivity index (χ1) is 10.1. The van der Waals surface area contributed by atoms with E-state index in [0.29, 0.717) is 24.2 Å². The molecule has 1 atom stereocenters. The molecule has 1 amide bonds. The van der Waals surface area contributed by atoms with E-state index in [1.54, 1.807) is 6.07 Å². The Morgan fingerprint density at radius 2 is 2.00 bits per heavy atom. The molecule has 2 rings (SSSR count). The zero-order chi connectivity index (χ0) is 15.2. The van der Waals surface area contributed by atoms with Crippen LogP contribution in [0.3, 0.4) is 0 Å². The van der Waals surface area contributed by atoms with Gasteiger partial charge in [0, 0.05) is 6.54 Å². The number of carbonyl (C=O) groups is 1. The number of nitrogens with one attached hydrogen (secondary N) is 1. The van der Waals surface area contributed by atoms with Gasteiger partial charge >= 0.3 is 0 Å². The Bertz CT molecular complexity index is 616. The summed E-state index contributed by atoms with van der Waals surface area (Å²) in [6.07, 6.45) is 0.666. The Morgan fingerprint density at radius 1 is 1.29 bits per heavy atom. The van der Waals surface area contributed by atoms with Gasteiger partial charge in [0.1, 0.15) is 0 Å². The number of aryl methyl sites for hydroxylation is 2. The van der Waals surface area contributed by atoms with Gasteiger partial charge in [0.25, 0.3) is 5.91 Å². The molecule has 0 spiro atoms. The maximum Gasteiger partial charge on any atom is 0.253 e. The van der Waals surface area contributed by atoms with E-state index in [2.05, 4.69) is 15.5 Å². The molecule has 4 nitrogen and oxygen atoms in total. The Kier molecular flexibility index (Phi) is 5.28. The summed E-state index contributed by atoms with van der Waals surface area (Å²) in [5.41, 5.74) is 2.98. The van der Waals surface area contributed by atoms with E-state index < -0.39 is 0 Å². The fraction of sp³-hybridized carbons (Fsp3) is 0.312. The highest BCUT2D eigenvalue weighted by molar-refractivity contribution is 6.21. The van der Waals surface area contributed by atoms with Gasteiger partial charge < -0.3 is 5.32 Å². The highest BCUT2D eigenvalue weighted by Gasteiger charge is 2.15. The van der Waals surface area contributed by atoms with Crippen molar-refractivity contribution in [3.63, 3.8) is 0 Å². The molecular formula is C16H18ClN3O. The minimum absolute atomic E-state index is 0.161. The van der Waals surface area contributed by atoms with Gasteiger partial charge in [0.2, 0.25) is 0 Å². The average molecular weight is 304 g/mol. The van der Waals surface area contributed by atoms with Crippen molar-refractivity contribution >= 4 is 17.5 Å². The fourth-order valence-corrected chi connectivity index (χ4v) is 2.25. The lowest BCUT2D eigenvalue weighted by Crippen LogP contribution is -2.28. The quantitative estimate of drug-likeness (QED) is 0.864. The van der Waals surface area contributed by atoms with E-state index in [0.717, 1.165) is 11.3 Å². The number of rotatable bonds is 5. The summed E-state index contributed by atoms with van der Waals surface area (Å²) in [5, 5.41) is 10.6. The summed E-state index contributed by atoms with van der Waals surface area (Å²) in [7, 11) is 0. The summed E-state index contributed by atoms with van der Waals surface area (Å²) < 4.78 is 0. The molecule has 0 bridgehead atoms. The second-order valence-electron chi connectivity index (χ2n) is 4.79. The smallest absolute Gasteiger partial charge is 0.253 e. The van der Waals surface area contributed by atoms with Crippen LogP contribution < -0.4 is 5.32 Å². The van der Waals surface area contributed by atoms with Crippen LogP contribution in [0.5, 0.6) is 0 Å². The molecule has 1 aromatic carbocycles. The molecule has 1 N–H and O–H groups in total. The minimum atomic E-state index is -0.254. The Labute approximate surface area is 129 Å². The molecule has 0 aliphatic carbocycles. The third-order valence-corrected chi connectivity index (χ3v) is 3.58. The van der Waals surface area contributed by atoms with E-state index in [4.69, 9.17) is 11.6 Å². The predicted molar refractivity (Wildman–Crippen MR) is 83.5 cm³/mol. The van der Waals surface area contributed by atoms with Crippen molar-refractivity contribution < 1.29 is 4.79 Å². The first-order valence-corrected chi connectivity index (χ1v) is 7.36. The average Bonchev–Trinajstić information content (AvgIpc) is 2.53. The van der Waals surface area contributed by atoms with Crippen LogP contribution in [0.4, 0.5) is 0 Å². The van der Waals surface area contributed by atoms with Crippen LogP contribution in [-0.4, -0.2) is 22.6 Å². The van der Waals surface area contributed by atoms with Crippen molar-refractivity contribution in [2.75, 3.05) is 6.54 Å². The summed E-state index contributed by atoms with van der Waals surface area (Å²) >= 11 is 6.30. The van der Waals surface area contributed by atoms with Crippen LogP contribution >= 0.6 is 11.6 Å². The van der Waals surface area contributed by atoms with Gasteiger partial charge in [-0.25, -0.2) is 0 Å². The van der Waals surface area contributed by atoms with Gasteiger partial charge in [0.15, 0.2) is 0 Å². The Balaban J connectivity index is 2.04. The van der Waals surface area contributed by atoms with Crippen LogP contribution in [0.25, 0.3) is 0 Å². The van der Waals surface area contributed by atoms with Crippen molar-refractivity contribution in [3.05, 3.63) is 58.9 Å². The van der Waals surface area contributed by atoms with Gasteiger partial charge in [-0.2, -0.15) is 10.2 Å². The normalized spacial score (nSPS) is 12.0. The van der Waals surface area contributed by atoms with Gasteiger partial charge in [-0.1, -0.05) is 37.3 Å². The number of amides is 1. The first-order valence-electron chi connectivity index (χ1n) is 6.92. The fourth-order valence-electron chi connectivity index (χ4n) is 2.03. The van der Waals surface area contributed by atoms with Crippen LogP contribution in [0.1, 0.15) is 39.6 Å². The zero-order valence-corrected chi connectivity index (χ0v) is 12.9. The highest BCUT2D eigenvalue weighted by Crippen LogP contribution is 2.19. The van der Waals surface area contributed by atoms with Gasteiger partial charge in [-0.15, -0.1) is 11.6 Å². The lowest BCUT2D eigenvalue weighted by atomic mass is 10.1. The molecule has 0 aliphatic heterocycles. The molecule has 21 heavy (non-hydrogen) atoms. The zero-order valence-electron chi connectivity index (χ0n) is 12.1. The summed E-state index contributed by atoms with van der Waals surface area (Å²) in [6, 6.07) is 11.4. The Morgan fingerprint density at radius 3 is 2.67 bits per heavy atom. The molecule has 5 heteroatoms. The minimum Gasteiger partial charge on any atom is -0.350 e. The lowest BCUT2D eigenvalue weighted by molar-refractivity contribution is 0.0952. The maximum atomic E-state index is 12.3. The lowest BCUT2D eigenvalue weighted by Gasteiger charge is -2.12. The number of carbonyl (C=O) groups excluding carboxylic acids is 1. The number of alkyl halides is 1. The third-order valence-electron chi connectivity index (χ3n) is 3.18. The van der Waals surface area contributed by atoms with Crippen LogP contribution in [0.15, 0.2) is 36.4 Å². The molecule has 2 aromatic rings. The van der Waals surface area contributed by atoms with Gasteiger partial charge in [0.05, 0.1) is 22.3 Å². The number of benzene rings is 1. The number of nitrogens with zero attached hydrogens (tertiary/aromatic N) is 2. The standard InChI is InChI=1S/C16H18ClN3O/c1-3-15-13(9-11(2)19-20-15)16(21)18-10-14(17)12-7-5-4-6-8-12/h4-9,14H,3,10H2,1-2H3,(H,18,21). The van der Waals surface area contributed by atoms with Crippen molar-refractivity contribution in [3.8, 4) is 0 Å². The van der Waals surface area contributed by atoms with Gasteiger partial charge in [-0.05, 0) is 25.0 Å². The van der Waals surface area contributed by atoms with Crippen LogP contribution in [-0.2, 0) is 6.42 Å². The largest absolute Gasteiger partial charge is 0.350 e. The monoisotopic (exact) mass is 303 g/mol. The van der Waals surface area contributed by atoms with Gasteiger partial charge in [-0.3, -0.25) is 4.79 Å². The second-order valence-corrected chi connectivity index (χ2v) is 5.31. The molecule has 0 radical (unpaired) electrons. The molecule has 0 saturated heterocycles. The molecular weight excluding hydrogens is 286 g/mol.